The summed E-state index contributed by atoms with van der Waals surface area (Å²) >= 11 is 0. The molecule has 0 aliphatic heterocycles. The molecule has 0 atom stereocenters. The standard InChI is InChI=1S/C25H23NO6/c1-17-7-11-25(22(13-17)26(28)29)32-16-20-14-18(9-12-24(20)31-3)8-10-23(27)19-5-4-6-21(15-19)30-2/h4-15H,16H2,1-3H3/b10-8+. The summed E-state index contributed by atoms with van der Waals surface area (Å²) in [6.07, 6.45) is 3.17. The third kappa shape index (κ3) is 5.51. The number of nitrogens with zero attached hydrogens (tertiary/aromatic N) is 1. The van der Waals surface area contributed by atoms with Crippen LogP contribution in [0.3, 0.4) is 0 Å². The highest BCUT2D eigenvalue weighted by atomic mass is 16.6. The van der Waals surface area contributed by atoms with E-state index in [9.17, 15) is 14.9 Å². The first-order chi connectivity index (χ1) is 15.4. The van der Waals surface area contributed by atoms with Crippen LogP contribution in [0.2, 0.25) is 0 Å². The Balaban J connectivity index is 1.79. The maximum atomic E-state index is 12.5. The zero-order valence-electron chi connectivity index (χ0n) is 18.0. The lowest BCUT2D eigenvalue weighted by Gasteiger charge is -2.12. The van der Waals surface area contributed by atoms with Gasteiger partial charge in [0.05, 0.1) is 19.1 Å². The molecule has 0 heterocycles. The number of nitro groups is 1. The van der Waals surface area contributed by atoms with E-state index in [-0.39, 0.29) is 23.8 Å². The maximum absolute atomic E-state index is 12.5. The van der Waals surface area contributed by atoms with Gasteiger partial charge in [-0.15, -0.1) is 0 Å². The molecule has 0 fully saturated rings. The van der Waals surface area contributed by atoms with E-state index in [2.05, 4.69) is 0 Å². The van der Waals surface area contributed by atoms with Crippen LogP contribution in [0.4, 0.5) is 5.69 Å². The maximum Gasteiger partial charge on any atom is 0.311 e. The molecule has 0 aliphatic rings. The molecule has 0 N–H and O–H groups in total. The number of nitro benzene ring substituents is 1. The summed E-state index contributed by atoms with van der Waals surface area (Å²) < 4.78 is 16.3. The number of ketones is 1. The van der Waals surface area contributed by atoms with Crippen molar-refractivity contribution in [2.24, 2.45) is 0 Å². The van der Waals surface area contributed by atoms with E-state index in [1.165, 1.54) is 19.3 Å². The predicted molar refractivity (Wildman–Crippen MR) is 122 cm³/mol. The summed E-state index contributed by atoms with van der Waals surface area (Å²) in [7, 11) is 3.08. The van der Waals surface area contributed by atoms with E-state index in [4.69, 9.17) is 14.2 Å². The monoisotopic (exact) mass is 433 g/mol. The molecule has 7 nitrogen and oxygen atoms in total. The Morgan fingerprint density at radius 3 is 2.50 bits per heavy atom. The molecule has 0 saturated heterocycles. The van der Waals surface area contributed by atoms with E-state index in [1.54, 1.807) is 62.6 Å². The van der Waals surface area contributed by atoms with Gasteiger partial charge in [0.1, 0.15) is 18.1 Å². The molecule has 3 aromatic carbocycles. The van der Waals surface area contributed by atoms with E-state index in [0.29, 0.717) is 22.6 Å². The number of benzene rings is 3. The van der Waals surface area contributed by atoms with Gasteiger partial charge in [-0.1, -0.05) is 30.3 Å². The van der Waals surface area contributed by atoms with Gasteiger partial charge < -0.3 is 14.2 Å². The van der Waals surface area contributed by atoms with Gasteiger partial charge in [0.2, 0.25) is 0 Å². The van der Waals surface area contributed by atoms with Crippen LogP contribution in [0.25, 0.3) is 6.08 Å². The predicted octanol–water partition coefficient (Wildman–Crippen LogP) is 5.40. The topological polar surface area (TPSA) is 87.9 Å². The van der Waals surface area contributed by atoms with Crippen LogP contribution in [-0.2, 0) is 6.61 Å². The summed E-state index contributed by atoms with van der Waals surface area (Å²) in [5, 5.41) is 11.3. The van der Waals surface area contributed by atoms with Gasteiger partial charge in [-0.2, -0.15) is 0 Å². The zero-order valence-corrected chi connectivity index (χ0v) is 18.0. The van der Waals surface area contributed by atoms with Crippen molar-refractivity contribution in [2.75, 3.05) is 14.2 Å². The number of hydrogen-bond donors (Lipinski definition) is 0. The van der Waals surface area contributed by atoms with Crippen molar-refractivity contribution in [3.63, 3.8) is 0 Å². The number of ether oxygens (including phenoxy) is 3. The molecule has 0 aliphatic carbocycles. The van der Waals surface area contributed by atoms with Gasteiger partial charge in [0.25, 0.3) is 0 Å². The number of methoxy groups -OCH3 is 2. The van der Waals surface area contributed by atoms with Crippen LogP contribution >= 0.6 is 0 Å². The quantitative estimate of drug-likeness (QED) is 0.194. The number of aryl methyl sites for hydroxylation is 1. The van der Waals surface area contributed by atoms with Gasteiger partial charge >= 0.3 is 5.69 Å². The highest BCUT2D eigenvalue weighted by Gasteiger charge is 2.16. The van der Waals surface area contributed by atoms with Crippen LogP contribution in [0.15, 0.2) is 66.7 Å². The highest BCUT2D eigenvalue weighted by Crippen LogP contribution is 2.30. The third-order valence-electron chi connectivity index (χ3n) is 4.78. The van der Waals surface area contributed by atoms with E-state index >= 15 is 0 Å². The summed E-state index contributed by atoms with van der Waals surface area (Å²) in [6.45, 7) is 1.85. The van der Waals surface area contributed by atoms with Crippen molar-refractivity contribution in [2.45, 2.75) is 13.5 Å². The largest absolute Gasteiger partial charge is 0.497 e. The number of rotatable bonds is 9. The summed E-state index contributed by atoms with van der Waals surface area (Å²) in [5.41, 5.74) is 2.65. The molecule has 0 saturated carbocycles. The Morgan fingerprint density at radius 2 is 1.78 bits per heavy atom. The van der Waals surface area contributed by atoms with Gasteiger partial charge in [-0.25, -0.2) is 0 Å². The van der Waals surface area contributed by atoms with E-state index < -0.39 is 4.92 Å². The number of carbonyl (C=O) groups excluding carboxylic acids is 1. The molecule has 0 aromatic heterocycles. The lowest BCUT2D eigenvalue weighted by molar-refractivity contribution is -0.386. The first-order valence-corrected chi connectivity index (χ1v) is 9.82. The minimum Gasteiger partial charge on any atom is -0.497 e. The smallest absolute Gasteiger partial charge is 0.311 e. The van der Waals surface area contributed by atoms with Crippen molar-refractivity contribution < 1.29 is 23.9 Å². The van der Waals surface area contributed by atoms with Crippen molar-refractivity contribution in [3.8, 4) is 17.2 Å². The van der Waals surface area contributed by atoms with Gasteiger partial charge in [-0.05, 0) is 54.5 Å². The second kappa shape index (κ2) is 10.3. The van der Waals surface area contributed by atoms with Crippen LogP contribution in [0, 0.1) is 17.0 Å². The Bertz CT molecular complexity index is 1170. The molecule has 7 heteroatoms. The van der Waals surface area contributed by atoms with Crippen molar-refractivity contribution in [3.05, 3.63) is 99.1 Å². The lowest BCUT2D eigenvalue weighted by atomic mass is 10.1. The van der Waals surface area contributed by atoms with Crippen LogP contribution in [0.1, 0.15) is 27.0 Å². The lowest BCUT2D eigenvalue weighted by Crippen LogP contribution is -2.02. The molecule has 164 valence electrons. The average molecular weight is 433 g/mol. The molecule has 3 rings (SSSR count). The third-order valence-corrected chi connectivity index (χ3v) is 4.78. The Labute approximate surface area is 186 Å². The van der Waals surface area contributed by atoms with Crippen molar-refractivity contribution >= 4 is 17.5 Å². The second-order valence-electron chi connectivity index (χ2n) is 7.02. The molecule has 0 unspecified atom stereocenters. The van der Waals surface area contributed by atoms with Gasteiger partial charge in [-0.3, -0.25) is 14.9 Å². The van der Waals surface area contributed by atoms with Crippen molar-refractivity contribution in [1.29, 1.82) is 0 Å². The van der Waals surface area contributed by atoms with Crippen molar-refractivity contribution in [1.82, 2.24) is 0 Å². The fourth-order valence-corrected chi connectivity index (χ4v) is 3.11. The van der Waals surface area contributed by atoms with Crippen LogP contribution in [0.5, 0.6) is 17.2 Å². The Morgan fingerprint density at radius 1 is 1.00 bits per heavy atom. The summed E-state index contributed by atoms with van der Waals surface area (Å²) in [6, 6.07) is 17.1. The second-order valence-corrected chi connectivity index (χ2v) is 7.02. The van der Waals surface area contributed by atoms with Crippen LogP contribution < -0.4 is 14.2 Å². The fraction of sp³-hybridized carbons (Fsp3) is 0.160. The molecule has 0 amide bonds. The summed E-state index contributed by atoms with van der Waals surface area (Å²) in [4.78, 5) is 23.3. The molecule has 32 heavy (non-hydrogen) atoms. The molecule has 0 radical (unpaired) electrons. The van der Waals surface area contributed by atoms with Crippen LogP contribution in [-0.4, -0.2) is 24.9 Å². The first kappa shape index (κ1) is 22.6. The highest BCUT2D eigenvalue weighted by molar-refractivity contribution is 6.07. The minimum atomic E-state index is -0.469. The van der Waals surface area contributed by atoms with Gasteiger partial charge in [0, 0.05) is 17.2 Å². The number of allylic oxidation sites excluding steroid dienone is 1. The fourth-order valence-electron chi connectivity index (χ4n) is 3.11. The Kier molecular flexibility index (Phi) is 7.23. The number of carbonyl (C=O) groups is 1. The SMILES string of the molecule is COc1cccc(C(=O)/C=C/c2ccc(OC)c(COc3ccc(C)cc3[N+](=O)[O-])c2)c1. The zero-order chi connectivity index (χ0) is 23.1. The first-order valence-electron chi connectivity index (χ1n) is 9.82. The average Bonchev–Trinajstić information content (AvgIpc) is 2.81. The minimum absolute atomic E-state index is 0.0680. The van der Waals surface area contributed by atoms with E-state index in [1.807, 2.05) is 12.1 Å². The van der Waals surface area contributed by atoms with Gasteiger partial charge in [0.15, 0.2) is 11.5 Å². The number of hydrogen-bond acceptors (Lipinski definition) is 6. The molecule has 0 bridgehead atoms. The Hall–Kier alpha value is -4.13. The summed E-state index contributed by atoms with van der Waals surface area (Å²) in [5.74, 6) is 1.21. The molecule has 0 spiro atoms. The molecule has 3 aromatic rings. The normalized spacial score (nSPS) is 10.7. The molecular weight excluding hydrogens is 410 g/mol. The molecular formula is C25H23NO6. The van der Waals surface area contributed by atoms with E-state index in [0.717, 1.165) is 11.1 Å².